The first-order valence-corrected chi connectivity index (χ1v) is 6.50. The summed E-state index contributed by atoms with van der Waals surface area (Å²) in [6, 6.07) is 8.42. The molecule has 0 spiro atoms. The molecular weight excluding hydrogens is 234 g/mol. The van der Waals surface area contributed by atoms with E-state index in [1.54, 1.807) is 6.20 Å². The predicted octanol–water partition coefficient (Wildman–Crippen LogP) is 2.83. The fourth-order valence-corrected chi connectivity index (χ4v) is 2.45. The summed E-state index contributed by atoms with van der Waals surface area (Å²) >= 11 is 0. The van der Waals surface area contributed by atoms with Gasteiger partial charge in [-0.3, -0.25) is 0 Å². The minimum atomic E-state index is -0.117. The van der Waals surface area contributed by atoms with Gasteiger partial charge in [0.1, 0.15) is 5.82 Å². The number of nitrogen functional groups attached to an aromatic ring is 1. The molecule has 0 saturated carbocycles. The van der Waals surface area contributed by atoms with Gasteiger partial charge >= 0.3 is 0 Å². The largest absolute Gasteiger partial charge is 0.383 e. The minimum Gasteiger partial charge on any atom is -0.383 e. The van der Waals surface area contributed by atoms with E-state index in [1.165, 1.54) is 16.7 Å². The van der Waals surface area contributed by atoms with Crippen molar-refractivity contribution in [3.63, 3.8) is 0 Å². The number of hydrogen-bond acceptors (Lipinski definition) is 3. The number of anilines is 1. The molecule has 0 radical (unpaired) electrons. The third-order valence-electron chi connectivity index (χ3n) is 3.22. The maximum Gasteiger partial charge on any atom is 0.128 e. The second kappa shape index (κ2) is 5.41. The quantitative estimate of drug-likeness (QED) is 0.886. The van der Waals surface area contributed by atoms with Crippen LogP contribution in [0, 0.1) is 20.8 Å². The molecule has 0 saturated heterocycles. The molecule has 0 aliphatic heterocycles. The zero-order valence-corrected chi connectivity index (χ0v) is 11.8. The summed E-state index contributed by atoms with van der Waals surface area (Å²) in [4.78, 5) is 4.17. The Balaban J connectivity index is 2.25. The van der Waals surface area contributed by atoms with Crippen molar-refractivity contribution in [1.82, 2.24) is 4.98 Å². The first-order chi connectivity index (χ1) is 8.95. The maximum absolute atomic E-state index is 6.28. The lowest BCUT2D eigenvalue weighted by Gasteiger charge is -2.15. The van der Waals surface area contributed by atoms with Gasteiger partial charge in [-0.05, 0) is 44.4 Å². The third-order valence-corrected chi connectivity index (χ3v) is 3.22. The van der Waals surface area contributed by atoms with Crippen molar-refractivity contribution in [1.29, 1.82) is 0 Å². The van der Waals surface area contributed by atoms with Crippen LogP contribution >= 0.6 is 0 Å². The Morgan fingerprint density at radius 3 is 2.26 bits per heavy atom. The van der Waals surface area contributed by atoms with E-state index in [4.69, 9.17) is 11.5 Å². The van der Waals surface area contributed by atoms with E-state index >= 15 is 0 Å². The molecule has 0 aliphatic rings. The Bertz CT molecular complexity index is 570. The highest BCUT2D eigenvalue weighted by Crippen LogP contribution is 2.22. The lowest BCUT2D eigenvalue weighted by molar-refractivity contribution is 0.719. The summed E-state index contributed by atoms with van der Waals surface area (Å²) in [7, 11) is 0. The molecule has 1 aromatic heterocycles. The van der Waals surface area contributed by atoms with Crippen molar-refractivity contribution in [2.75, 3.05) is 5.73 Å². The van der Waals surface area contributed by atoms with E-state index in [9.17, 15) is 0 Å². The third kappa shape index (κ3) is 3.32. The first-order valence-electron chi connectivity index (χ1n) is 6.50. The lowest BCUT2D eigenvalue weighted by atomic mass is 9.97. The predicted molar refractivity (Wildman–Crippen MR) is 79.9 cm³/mol. The highest BCUT2D eigenvalue weighted by Gasteiger charge is 2.12. The highest BCUT2D eigenvalue weighted by atomic mass is 14.8. The Morgan fingerprint density at radius 2 is 1.63 bits per heavy atom. The molecule has 3 nitrogen and oxygen atoms in total. The molecule has 0 bridgehead atoms. The fraction of sp³-hybridized carbons (Fsp3) is 0.312. The molecule has 0 aliphatic carbocycles. The van der Waals surface area contributed by atoms with Crippen molar-refractivity contribution in [2.24, 2.45) is 5.73 Å². The Kier molecular flexibility index (Phi) is 3.86. The van der Waals surface area contributed by atoms with Gasteiger partial charge in [0.2, 0.25) is 0 Å². The van der Waals surface area contributed by atoms with Gasteiger partial charge in [-0.15, -0.1) is 0 Å². The number of aromatic nitrogens is 1. The summed E-state index contributed by atoms with van der Waals surface area (Å²) < 4.78 is 0. The summed E-state index contributed by atoms with van der Waals surface area (Å²) in [6.45, 7) is 6.20. The zero-order chi connectivity index (χ0) is 14.0. The van der Waals surface area contributed by atoms with Gasteiger partial charge in [0.15, 0.2) is 0 Å². The number of rotatable bonds is 3. The van der Waals surface area contributed by atoms with Gasteiger partial charge in [-0.1, -0.05) is 29.3 Å². The molecule has 100 valence electrons. The van der Waals surface area contributed by atoms with Crippen LogP contribution in [0.3, 0.4) is 0 Å². The van der Waals surface area contributed by atoms with Crippen molar-refractivity contribution < 1.29 is 0 Å². The summed E-state index contributed by atoms with van der Waals surface area (Å²) in [5.74, 6) is 0.530. The number of pyridine rings is 1. The average molecular weight is 255 g/mol. The molecule has 1 heterocycles. The normalized spacial score (nSPS) is 12.4. The highest BCUT2D eigenvalue weighted by molar-refractivity contribution is 5.43. The van der Waals surface area contributed by atoms with Gasteiger partial charge < -0.3 is 11.5 Å². The van der Waals surface area contributed by atoms with Crippen LogP contribution in [0.5, 0.6) is 0 Å². The van der Waals surface area contributed by atoms with Crippen molar-refractivity contribution in [3.05, 3.63) is 58.3 Å². The van der Waals surface area contributed by atoms with Gasteiger partial charge in [0, 0.05) is 17.8 Å². The van der Waals surface area contributed by atoms with E-state index in [0.717, 1.165) is 17.5 Å². The second-order valence-corrected chi connectivity index (χ2v) is 5.29. The molecule has 2 rings (SSSR count). The van der Waals surface area contributed by atoms with Crippen molar-refractivity contribution >= 4 is 5.82 Å². The first kappa shape index (κ1) is 13.6. The molecule has 1 atom stereocenters. The smallest absolute Gasteiger partial charge is 0.128 e. The van der Waals surface area contributed by atoms with Crippen molar-refractivity contribution in [2.45, 2.75) is 33.2 Å². The Morgan fingerprint density at radius 1 is 1.00 bits per heavy atom. The molecule has 19 heavy (non-hydrogen) atoms. The van der Waals surface area contributed by atoms with Gasteiger partial charge in [-0.25, -0.2) is 4.98 Å². The van der Waals surface area contributed by atoms with Crippen molar-refractivity contribution in [3.8, 4) is 0 Å². The molecule has 4 N–H and O–H groups in total. The topological polar surface area (TPSA) is 64.9 Å². The number of aryl methyl sites for hydroxylation is 3. The molecule has 0 fully saturated rings. The van der Waals surface area contributed by atoms with Crippen LogP contribution in [-0.4, -0.2) is 4.98 Å². The van der Waals surface area contributed by atoms with Crippen LogP contribution in [-0.2, 0) is 6.42 Å². The molecule has 1 unspecified atom stereocenters. The van der Waals surface area contributed by atoms with E-state index in [0.29, 0.717) is 5.82 Å². The van der Waals surface area contributed by atoms with Gasteiger partial charge in [-0.2, -0.15) is 0 Å². The molecule has 3 heteroatoms. The molecular formula is C16H21N3. The van der Waals surface area contributed by atoms with E-state index < -0.39 is 0 Å². The second-order valence-electron chi connectivity index (χ2n) is 5.29. The van der Waals surface area contributed by atoms with E-state index in [1.807, 2.05) is 13.0 Å². The monoisotopic (exact) mass is 255 g/mol. The van der Waals surface area contributed by atoms with Crippen LogP contribution in [0.2, 0.25) is 0 Å². The number of nitrogens with zero attached hydrogens (tertiary/aromatic N) is 1. The van der Waals surface area contributed by atoms with Crippen LogP contribution < -0.4 is 11.5 Å². The number of benzene rings is 1. The maximum atomic E-state index is 6.28. The molecule has 1 aromatic carbocycles. The zero-order valence-electron chi connectivity index (χ0n) is 11.8. The van der Waals surface area contributed by atoms with E-state index in [-0.39, 0.29) is 6.04 Å². The van der Waals surface area contributed by atoms with Gasteiger partial charge in [0.05, 0.1) is 0 Å². The summed E-state index contributed by atoms with van der Waals surface area (Å²) in [6.07, 6.45) is 2.54. The Hall–Kier alpha value is -1.87. The van der Waals surface area contributed by atoms with Crippen LogP contribution in [0.15, 0.2) is 30.5 Å². The minimum absolute atomic E-state index is 0.117. The Labute approximate surface area is 114 Å². The summed E-state index contributed by atoms with van der Waals surface area (Å²) in [5, 5.41) is 0. The van der Waals surface area contributed by atoms with Crippen LogP contribution in [0.4, 0.5) is 5.82 Å². The molecule has 0 amide bonds. The van der Waals surface area contributed by atoms with Crippen LogP contribution in [0.25, 0.3) is 0 Å². The van der Waals surface area contributed by atoms with E-state index in [2.05, 4.69) is 37.0 Å². The lowest BCUT2D eigenvalue weighted by Crippen LogP contribution is -2.16. The fourth-order valence-electron chi connectivity index (χ4n) is 2.45. The average Bonchev–Trinajstić information content (AvgIpc) is 2.30. The standard InChI is InChI=1S/C16H21N3/c1-10-4-11(2)6-13(5-10)8-15(17)14-7-12(3)9-19-16(14)18/h4-7,9,15H,8,17H2,1-3H3,(H2,18,19). The number of nitrogens with two attached hydrogens (primary N) is 2. The van der Waals surface area contributed by atoms with Crippen LogP contribution in [0.1, 0.15) is 33.9 Å². The number of hydrogen-bond donors (Lipinski definition) is 2. The summed E-state index contributed by atoms with van der Waals surface area (Å²) in [5.41, 5.74) is 18.0. The molecule has 2 aromatic rings. The SMILES string of the molecule is Cc1cc(C)cc(CC(N)c2cc(C)cnc2N)c1. The van der Waals surface area contributed by atoms with Gasteiger partial charge in [0.25, 0.3) is 0 Å².